The van der Waals surface area contributed by atoms with Crippen molar-refractivity contribution in [3.8, 4) is 22.5 Å². The zero-order valence-electron chi connectivity index (χ0n) is 26.1. The van der Waals surface area contributed by atoms with E-state index in [-0.39, 0.29) is 42.5 Å². The third-order valence-corrected chi connectivity index (χ3v) is 4.69. The summed E-state index contributed by atoms with van der Waals surface area (Å²) in [6.07, 6.45) is 1.06. The Labute approximate surface area is 227 Å². The molecule has 0 N–H and O–H groups in total. The molecule has 2 heterocycles. The van der Waals surface area contributed by atoms with Crippen LogP contribution in [0, 0.1) is 25.8 Å². The number of aromatic nitrogens is 2. The van der Waals surface area contributed by atoms with E-state index in [0.29, 0.717) is 11.1 Å². The van der Waals surface area contributed by atoms with Gasteiger partial charge in [0.1, 0.15) is 0 Å². The molecule has 0 atom stereocenters. The van der Waals surface area contributed by atoms with E-state index >= 15 is 0 Å². The predicted molar refractivity (Wildman–Crippen MR) is 136 cm³/mol. The van der Waals surface area contributed by atoms with Crippen LogP contribution in [0.1, 0.15) is 33.2 Å². The molecule has 5 aromatic rings. The molecular formula is C31H26IrN2-2. The minimum absolute atomic E-state index is 0. The Balaban J connectivity index is 0.000000310. The van der Waals surface area contributed by atoms with Crippen LogP contribution in [-0.4, -0.2) is 9.97 Å². The molecule has 0 bridgehead atoms. The first kappa shape index (κ1) is 16.3. The maximum atomic E-state index is 8.62. The number of benzene rings is 3. The SMILES string of the molecule is [2H]C([2H])([2H])c1ccnc(-c2[c-]cc(C([2H])([2H])[2H])c(C([2H])([2H])c3ccccc3)c2)c1.[Ir].[c-]1ccccc1-c1ccccn1. The molecule has 5 rings (SSSR count). The molecule has 0 saturated carbocycles. The van der Waals surface area contributed by atoms with E-state index in [2.05, 4.69) is 22.1 Å². The van der Waals surface area contributed by atoms with Gasteiger partial charge in [-0.05, 0) is 42.3 Å². The Morgan fingerprint density at radius 2 is 1.59 bits per heavy atom. The first-order chi connectivity index (χ1) is 19.4. The second kappa shape index (κ2) is 12.7. The average Bonchev–Trinajstić information content (AvgIpc) is 2.98. The molecule has 3 aromatic carbocycles. The Kier molecular flexibility index (Phi) is 6.10. The summed E-state index contributed by atoms with van der Waals surface area (Å²) >= 11 is 0. The molecule has 0 saturated heterocycles. The molecule has 3 heteroatoms. The van der Waals surface area contributed by atoms with E-state index in [1.807, 2.05) is 42.5 Å². The molecule has 34 heavy (non-hydrogen) atoms. The van der Waals surface area contributed by atoms with Crippen LogP contribution in [-0.2, 0) is 26.5 Å². The van der Waals surface area contributed by atoms with Gasteiger partial charge in [0.15, 0.2) is 0 Å². The van der Waals surface area contributed by atoms with Gasteiger partial charge >= 0.3 is 0 Å². The van der Waals surface area contributed by atoms with Crippen LogP contribution in [0.2, 0.25) is 0 Å². The number of hydrogen-bond acceptors (Lipinski definition) is 2. The fraction of sp³-hybridized carbons (Fsp3) is 0.0968. The van der Waals surface area contributed by atoms with Gasteiger partial charge in [-0.2, -0.15) is 0 Å². The van der Waals surface area contributed by atoms with Crippen molar-refractivity contribution in [2.75, 3.05) is 0 Å². The molecule has 2 nitrogen and oxygen atoms in total. The van der Waals surface area contributed by atoms with Crippen LogP contribution in [0.25, 0.3) is 22.5 Å². The Hall–Kier alpha value is -3.39. The fourth-order valence-electron chi connectivity index (χ4n) is 3.07. The minimum atomic E-state index is -2.54. The summed E-state index contributed by atoms with van der Waals surface area (Å²) < 4.78 is 63.3. The molecule has 2 aromatic heterocycles. The number of hydrogen-bond donors (Lipinski definition) is 0. The molecule has 0 unspecified atom stereocenters. The fourth-order valence-corrected chi connectivity index (χ4v) is 3.07. The molecule has 0 spiro atoms. The second-order valence-corrected chi connectivity index (χ2v) is 7.09. The topological polar surface area (TPSA) is 25.8 Å². The van der Waals surface area contributed by atoms with E-state index < -0.39 is 20.1 Å². The molecule has 0 aliphatic heterocycles. The van der Waals surface area contributed by atoms with Gasteiger partial charge in [0, 0.05) is 43.5 Å². The third kappa shape index (κ3) is 7.05. The monoisotopic (exact) mass is 627 g/mol. The van der Waals surface area contributed by atoms with Crippen LogP contribution in [0.4, 0.5) is 0 Å². The molecule has 0 amide bonds. The van der Waals surface area contributed by atoms with Gasteiger partial charge in [-0.25, -0.2) is 0 Å². The Bertz CT molecular complexity index is 1540. The number of nitrogens with zero attached hydrogens (tertiary/aromatic N) is 2. The summed E-state index contributed by atoms with van der Waals surface area (Å²) in [4.78, 5) is 8.38. The van der Waals surface area contributed by atoms with E-state index in [4.69, 9.17) is 11.0 Å². The van der Waals surface area contributed by atoms with Crippen LogP contribution in [0.15, 0.2) is 109 Å². The van der Waals surface area contributed by atoms with Crippen molar-refractivity contribution in [1.82, 2.24) is 9.97 Å². The van der Waals surface area contributed by atoms with E-state index in [9.17, 15) is 0 Å². The summed E-state index contributed by atoms with van der Waals surface area (Å²) in [5, 5.41) is 0. The van der Waals surface area contributed by atoms with Gasteiger partial charge in [0.2, 0.25) is 0 Å². The van der Waals surface area contributed by atoms with Crippen LogP contribution < -0.4 is 0 Å². The van der Waals surface area contributed by atoms with Gasteiger partial charge < -0.3 is 9.97 Å². The van der Waals surface area contributed by atoms with E-state index in [1.54, 1.807) is 36.5 Å². The van der Waals surface area contributed by atoms with Crippen LogP contribution >= 0.6 is 0 Å². The van der Waals surface area contributed by atoms with Gasteiger partial charge in [0.05, 0.1) is 0 Å². The smallest absolute Gasteiger partial charge is 0.0349 e. The zero-order valence-corrected chi connectivity index (χ0v) is 20.5. The van der Waals surface area contributed by atoms with Gasteiger partial charge in [-0.3, -0.25) is 0 Å². The van der Waals surface area contributed by atoms with Crippen LogP contribution in [0.3, 0.4) is 0 Å². The molecule has 0 aliphatic rings. The standard InChI is InChI=1S/C20H18N.C11H8N.Ir/c1-15-10-11-21-20(12-15)18-9-8-16(2)19(14-18)13-17-6-4-3-5-7-17;1-2-6-10(7-3-1)11-8-4-5-9-12-11;/h3-8,10-12,14H,13H2,1-2H3;1-6,8-9H;/q2*-1;/i1D3,2D3,13D2;;. The Morgan fingerprint density at radius 1 is 0.765 bits per heavy atom. The number of pyridine rings is 2. The Morgan fingerprint density at radius 3 is 2.32 bits per heavy atom. The van der Waals surface area contributed by atoms with Crippen molar-refractivity contribution >= 4 is 0 Å². The van der Waals surface area contributed by atoms with Gasteiger partial charge in [0.25, 0.3) is 0 Å². The quantitative estimate of drug-likeness (QED) is 0.196. The average molecular weight is 627 g/mol. The largest absolute Gasteiger partial charge is 0.305 e. The van der Waals surface area contributed by atoms with Crippen molar-refractivity contribution in [2.45, 2.75) is 20.1 Å². The van der Waals surface area contributed by atoms with Crippen molar-refractivity contribution in [3.05, 3.63) is 144 Å². The van der Waals surface area contributed by atoms with Crippen molar-refractivity contribution < 1.29 is 31.1 Å². The zero-order chi connectivity index (χ0) is 29.7. The first-order valence-electron chi connectivity index (χ1n) is 14.3. The van der Waals surface area contributed by atoms with Crippen molar-refractivity contribution in [1.29, 1.82) is 0 Å². The normalized spacial score (nSPS) is 14.6. The minimum Gasteiger partial charge on any atom is -0.305 e. The van der Waals surface area contributed by atoms with Gasteiger partial charge in [-0.15, -0.1) is 70.8 Å². The van der Waals surface area contributed by atoms with Crippen molar-refractivity contribution in [2.24, 2.45) is 0 Å². The van der Waals surface area contributed by atoms with E-state index in [1.165, 1.54) is 30.5 Å². The van der Waals surface area contributed by atoms with Crippen LogP contribution in [0.5, 0.6) is 0 Å². The molecular weight excluding hydrogens is 593 g/mol. The number of aryl methyl sites for hydroxylation is 2. The maximum absolute atomic E-state index is 8.62. The van der Waals surface area contributed by atoms with Crippen molar-refractivity contribution in [3.63, 3.8) is 0 Å². The molecule has 0 aliphatic carbocycles. The summed E-state index contributed by atoms with van der Waals surface area (Å²) in [6.45, 7) is -4.86. The van der Waals surface area contributed by atoms with E-state index in [0.717, 1.165) is 11.3 Å². The summed E-state index contributed by atoms with van der Waals surface area (Å²) in [7, 11) is 0. The second-order valence-electron chi connectivity index (χ2n) is 7.09. The first-order valence-corrected chi connectivity index (χ1v) is 10.3. The summed E-state index contributed by atoms with van der Waals surface area (Å²) in [5.74, 6) is 0. The predicted octanol–water partition coefficient (Wildman–Crippen LogP) is 7.30. The number of rotatable bonds is 4. The molecule has 0 fully saturated rings. The summed E-state index contributed by atoms with van der Waals surface area (Å²) in [6, 6.07) is 33.3. The molecule has 1 radical (unpaired) electrons. The van der Waals surface area contributed by atoms with Gasteiger partial charge in [-0.1, -0.05) is 60.9 Å². The third-order valence-electron chi connectivity index (χ3n) is 4.69. The molecule has 171 valence electrons. The summed E-state index contributed by atoms with van der Waals surface area (Å²) in [5.41, 5.74) is 2.83. The maximum Gasteiger partial charge on any atom is 0.0349 e.